The number of benzene rings is 1. The van der Waals surface area contributed by atoms with Crippen LogP contribution in [0.25, 0.3) is 0 Å². The number of likely N-dealkylation sites (tertiary alicyclic amines) is 1. The summed E-state index contributed by atoms with van der Waals surface area (Å²) >= 11 is 0. The molecule has 104 valence electrons. The molecule has 2 rings (SSSR count). The number of carbonyl (C=O) groups excluding carboxylic acids is 1. The van der Waals surface area contributed by atoms with Gasteiger partial charge in [0.1, 0.15) is 5.75 Å². The van der Waals surface area contributed by atoms with Gasteiger partial charge >= 0.3 is 0 Å². The Kier molecular flexibility index (Phi) is 4.14. The lowest BCUT2D eigenvalue weighted by Gasteiger charge is -2.18. The van der Waals surface area contributed by atoms with Crippen LogP contribution in [0.2, 0.25) is 0 Å². The minimum atomic E-state index is 0.0344. The van der Waals surface area contributed by atoms with E-state index in [0.717, 1.165) is 31.6 Å². The smallest absolute Gasteiger partial charge is 0.260 e. The molecule has 1 aliphatic rings. The Balaban J connectivity index is 1.98. The Morgan fingerprint density at radius 2 is 2.05 bits per heavy atom. The summed E-state index contributed by atoms with van der Waals surface area (Å²) in [5.41, 5.74) is 7.41. The third kappa shape index (κ3) is 3.30. The number of carbonyl (C=O) groups is 1. The minimum Gasteiger partial charge on any atom is -0.482 e. The van der Waals surface area contributed by atoms with Crippen LogP contribution in [0.1, 0.15) is 12.8 Å². The molecule has 0 atom stereocenters. The maximum Gasteiger partial charge on any atom is 0.260 e. The van der Waals surface area contributed by atoms with E-state index in [1.165, 1.54) is 0 Å². The first-order chi connectivity index (χ1) is 9.08. The van der Waals surface area contributed by atoms with Crippen molar-refractivity contribution in [2.45, 2.75) is 12.8 Å². The summed E-state index contributed by atoms with van der Waals surface area (Å²) in [6.45, 7) is 1.74. The molecule has 1 fully saturated rings. The van der Waals surface area contributed by atoms with Gasteiger partial charge in [0, 0.05) is 38.9 Å². The van der Waals surface area contributed by atoms with E-state index in [1.807, 2.05) is 36.0 Å². The molecular weight excluding hydrogens is 242 g/mol. The third-order valence-electron chi connectivity index (χ3n) is 3.32. The number of hydrogen-bond donors (Lipinski definition) is 1. The molecule has 5 heteroatoms. The highest BCUT2D eigenvalue weighted by Gasteiger charge is 2.18. The number of nitrogen functional groups attached to an aromatic ring is 1. The SMILES string of the molecule is CN(C)c1ccc(N)c(OCC(=O)N2CCCC2)c1. The van der Waals surface area contributed by atoms with E-state index in [4.69, 9.17) is 10.5 Å². The molecular formula is C14H21N3O2. The van der Waals surface area contributed by atoms with Crippen LogP contribution < -0.4 is 15.4 Å². The zero-order valence-corrected chi connectivity index (χ0v) is 11.6. The zero-order valence-electron chi connectivity index (χ0n) is 11.6. The zero-order chi connectivity index (χ0) is 13.8. The Bertz CT molecular complexity index is 454. The Hall–Kier alpha value is -1.91. The van der Waals surface area contributed by atoms with E-state index in [1.54, 1.807) is 6.07 Å². The Labute approximate surface area is 113 Å². The molecule has 5 nitrogen and oxygen atoms in total. The van der Waals surface area contributed by atoms with E-state index >= 15 is 0 Å². The number of hydrogen-bond acceptors (Lipinski definition) is 4. The van der Waals surface area contributed by atoms with Crippen molar-refractivity contribution in [3.05, 3.63) is 18.2 Å². The van der Waals surface area contributed by atoms with Crippen molar-refractivity contribution >= 4 is 17.3 Å². The number of anilines is 2. The first kappa shape index (κ1) is 13.5. The quantitative estimate of drug-likeness (QED) is 0.833. The fourth-order valence-corrected chi connectivity index (χ4v) is 2.12. The Morgan fingerprint density at radius 3 is 2.68 bits per heavy atom. The first-order valence-electron chi connectivity index (χ1n) is 6.55. The summed E-state index contributed by atoms with van der Waals surface area (Å²) in [6.07, 6.45) is 2.17. The van der Waals surface area contributed by atoms with Gasteiger partial charge in [0.25, 0.3) is 5.91 Å². The molecule has 2 N–H and O–H groups in total. The van der Waals surface area contributed by atoms with E-state index in [9.17, 15) is 4.79 Å². The standard InChI is InChI=1S/C14H21N3O2/c1-16(2)11-5-6-12(15)13(9-11)19-10-14(18)17-7-3-4-8-17/h5-6,9H,3-4,7-8,10,15H2,1-2H3. The average Bonchev–Trinajstić information content (AvgIpc) is 2.91. The maximum absolute atomic E-state index is 11.9. The molecule has 0 aromatic heterocycles. The minimum absolute atomic E-state index is 0.0344. The highest BCUT2D eigenvalue weighted by atomic mass is 16.5. The lowest BCUT2D eigenvalue weighted by atomic mass is 10.2. The van der Waals surface area contributed by atoms with Crippen molar-refractivity contribution in [3.63, 3.8) is 0 Å². The van der Waals surface area contributed by atoms with Gasteiger partial charge in [0.2, 0.25) is 0 Å². The molecule has 0 spiro atoms. The fourth-order valence-electron chi connectivity index (χ4n) is 2.12. The summed E-state index contributed by atoms with van der Waals surface area (Å²) in [7, 11) is 3.90. The van der Waals surface area contributed by atoms with Crippen molar-refractivity contribution in [1.29, 1.82) is 0 Å². The number of nitrogens with two attached hydrogens (primary N) is 1. The monoisotopic (exact) mass is 263 g/mol. The summed E-state index contributed by atoms with van der Waals surface area (Å²) in [5.74, 6) is 0.603. The predicted octanol–water partition coefficient (Wildman–Crippen LogP) is 1.34. The molecule has 1 aliphatic heterocycles. The normalized spacial score (nSPS) is 14.5. The van der Waals surface area contributed by atoms with Crippen molar-refractivity contribution in [3.8, 4) is 5.75 Å². The fraction of sp³-hybridized carbons (Fsp3) is 0.500. The number of rotatable bonds is 4. The van der Waals surface area contributed by atoms with Gasteiger partial charge in [-0.1, -0.05) is 0 Å². The van der Waals surface area contributed by atoms with Gasteiger partial charge in [0.05, 0.1) is 5.69 Å². The molecule has 0 bridgehead atoms. The van der Waals surface area contributed by atoms with Crippen molar-refractivity contribution in [2.75, 3.05) is 44.4 Å². The molecule has 1 aromatic rings. The second-order valence-corrected chi connectivity index (χ2v) is 4.99. The van der Waals surface area contributed by atoms with E-state index in [0.29, 0.717) is 11.4 Å². The largest absolute Gasteiger partial charge is 0.482 e. The molecule has 0 radical (unpaired) electrons. The van der Waals surface area contributed by atoms with Gasteiger partial charge in [-0.2, -0.15) is 0 Å². The molecule has 0 aliphatic carbocycles. The van der Waals surface area contributed by atoms with Crippen LogP contribution in [0, 0.1) is 0 Å². The van der Waals surface area contributed by atoms with Crippen LogP contribution in [0.15, 0.2) is 18.2 Å². The van der Waals surface area contributed by atoms with Crippen LogP contribution in [0.3, 0.4) is 0 Å². The highest BCUT2D eigenvalue weighted by Crippen LogP contribution is 2.26. The van der Waals surface area contributed by atoms with Gasteiger partial charge in [-0.25, -0.2) is 0 Å². The number of ether oxygens (including phenoxy) is 1. The van der Waals surface area contributed by atoms with Gasteiger partial charge in [-0.05, 0) is 25.0 Å². The first-order valence-corrected chi connectivity index (χ1v) is 6.55. The summed E-state index contributed by atoms with van der Waals surface area (Å²) in [6, 6.07) is 5.57. The lowest BCUT2D eigenvalue weighted by Crippen LogP contribution is -2.32. The van der Waals surface area contributed by atoms with Crippen molar-refractivity contribution in [2.24, 2.45) is 0 Å². The van der Waals surface area contributed by atoms with Crippen molar-refractivity contribution in [1.82, 2.24) is 4.90 Å². The molecule has 1 saturated heterocycles. The predicted molar refractivity (Wildman–Crippen MR) is 76.5 cm³/mol. The molecule has 1 amide bonds. The molecule has 0 unspecified atom stereocenters. The topological polar surface area (TPSA) is 58.8 Å². The highest BCUT2D eigenvalue weighted by molar-refractivity contribution is 5.78. The van der Waals surface area contributed by atoms with Crippen LogP contribution >= 0.6 is 0 Å². The van der Waals surface area contributed by atoms with Crippen LogP contribution in [0.5, 0.6) is 5.75 Å². The van der Waals surface area contributed by atoms with Gasteiger partial charge < -0.3 is 20.3 Å². The molecule has 1 aromatic carbocycles. The third-order valence-corrected chi connectivity index (χ3v) is 3.32. The molecule has 0 saturated carbocycles. The van der Waals surface area contributed by atoms with Crippen LogP contribution in [-0.4, -0.2) is 44.6 Å². The van der Waals surface area contributed by atoms with E-state index in [-0.39, 0.29) is 12.5 Å². The summed E-state index contributed by atoms with van der Waals surface area (Å²) in [4.78, 5) is 15.7. The summed E-state index contributed by atoms with van der Waals surface area (Å²) < 4.78 is 5.56. The van der Waals surface area contributed by atoms with Crippen molar-refractivity contribution < 1.29 is 9.53 Å². The van der Waals surface area contributed by atoms with E-state index < -0.39 is 0 Å². The van der Waals surface area contributed by atoms with Gasteiger partial charge in [0.15, 0.2) is 6.61 Å². The van der Waals surface area contributed by atoms with Gasteiger partial charge in [-0.15, -0.1) is 0 Å². The number of amides is 1. The Morgan fingerprint density at radius 1 is 1.37 bits per heavy atom. The van der Waals surface area contributed by atoms with Crippen LogP contribution in [0.4, 0.5) is 11.4 Å². The maximum atomic E-state index is 11.9. The van der Waals surface area contributed by atoms with Crippen LogP contribution in [-0.2, 0) is 4.79 Å². The van der Waals surface area contributed by atoms with E-state index in [2.05, 4.69) is 0 Å². The number of nitrogens with zero attached hydrogens (tertiary/aromatic N) is 2. The average molecular weight is 263 g/mol. The second-order valence-electron chi connectivity index (χ2n) is 4.99. The molecule has 1 heterocycles. The van der Waals surface area contributed by atoms with Gasteiger partial charge in [-0.3, -0.25) is 4.79 Å². The summed E-state index contributed by atoms with van der Waals surface area (Å²) in [5, 5.41) is 0. The molecule has 19 heavy (non-hydrogen) atoms. The lowest BCUT2D eigenvalue weighted by molar-refractivity contribution is -0.132. The second kappa shape index (κ2) is 5.82.